The van der Waals surface area contributed by atoms with Gasteiger partial charge >= 0.3 is 0 Å². The summed E-state index contributed by atoms with van der Waals surface area (Å²) in [5.74, 6) is -1.28. The number of hydrogen-bond acceptors (Lipinski definition) is 2. The SMILES string of the molecule is Cn1cccc1C(=O)Nc1cc2c(/C=C/c3ccc(F)cc3)n[nH]c2cc1F. The lowest BCUT2D eigenvalue weighted by molar-refractivity contribution is 0.101. The van der Waals surface area contributed by atoms with E-state index in [-0.39, 0.29) is 11.5 Å². The van der Waals surface area contributed by atoms with Crippen LogP contribution in [0.15, 0.2) is 54.7 Å². The van der Waals surface area contributed by atoms with Crippen molar-refractivity contribution in [2.75, 3.05) is 5.32 Å². The zero-order valence-electron chi connectivity index (χ0n) is 14.9. The van der Waals surface area contributed by atoms with Gasteiger partial charge in [-0.3, -0.25) is 9.89 Å². The Morgan fingerprint density at radius 1 is 1.14 bits per heavy atom. The number of aryl methyl sites for hydroxylation is 1. The first-order valence-electron chi connectivity index (χ1n) is 8.55. The zero-order valence-corrected chi connectivity index (χ0v) is 14.9. The highest BCUT2D eigenvalue weighted by molar-refractivity contribution is 6.04. The number of benzene rings is 2. The fraction of sp³-hybridized carbons (Fsp3) is 0.0476. The number of halogens is 2. The molecule has 2 heterocycles. The van der Waals surface area contributed by atoms with Gasteiger partial charge in [0.15, 0.2) is 0 Å². The van der Waals surface area contributed by atoms with Gasteiger partial charge < -0.3 is 9.88 Å². The van der Waals surface area contributed by atoms with Gasteiger partial charge in [0.25, 0.3) is 5.91 Å². The first-order chi connectivity index (χ1) is 13.5. The van der Waals surface area contributed by atoms with Crippen LogP contribution in [0.4, 0.5) is 14.5 Å². The van der Waals surface area contributed by atoms with Crippen molar-refractivity contribution in [1.29, 1.82) is 0 Å². The number of aromatic nitrogens is 3. The number of hydrogen-bond donors (Lipinski definition) is 2. The fourth-order valence-corrected chi connectivity index (χ4v) is 2.91. The lowest BCUT2D eigenvalue weighted by Crippen LogP contribution is -2.16. The second kappa shape index (κ2) is 7.11. The van der Waals surface area contributed by atoms with E-state index in [4.69, 9.17) is 0 Å². The van der Waals surface area contributed by atoms with E-state index in [0.29, 0.717) is 22.3 Å². The molecule has 0 spiro atoms. The Bertz CT molecular complexity index is 1190. The number of H-pyrrole nitrogens is 1. The maximum absolute atomic E-state index is 14.4. The molecular weight excluding hydrogens is 362 g/mol. The Balaban J connectivity index is 1.65. The molecule has 7 heteroatoms. The predicted octanol–water partition coefficient (Wildman–Crippen LogP) is 4.60. The molecule has 0 bridgehead atoms. The van der Waals surface area contributed by atoms with Crippen LogP contribution in [0.25, 0.3) is 23.1 Å². The van der Waals surface area contributed by atoms with E-state index >= 15 is 0 Å². The van der Waals surface area contributed by atoms with Crippen LogP contribution in [0.1, 0.15) is 21.7 Å². The van der Waals surface area contributed by atoms with Crippen LogP contribution in [0, 0.1) is 11.6 Å². The Morgan fingerprint density at radius 2 is 1.93 bits per heavy atom. The summed E-state index contributed by atoms with van der Waals surface area (Å²) in [5, 5.41) is 10.2. The molecule has 2 aromatic carbocycles. The van der Waals surface area contributed by atoms with Crippen molar-refractivity contribution in [3.63, 3.8) is 0 Å². The van der Waals surface area contributed by atoms with Gasteiger partial charge in [0, 0.05) is 24.7 Å². The van der Waals surface area contributed by atoms with Crippen molar-refractivity contribution in [3.8, 4) is 0 Å². The van der Waals surface area contributed by atoms with Crippen molar-refractivity contribution in [2.45, 2.75) is 0 Å². The summed E-state index contributed by atoms with van der Waals surface area (Å²) in [6.45, 7) is 0. The molecule has 0 saturated carbocycles. The summed E-state index contributed by atoms with van der Waals surface area (Å²) in [5.41, 5.74) is 2.37. The third-order valence-electron chi connectivity index (χ3n) is 4.41. The summed E-state index contributed by atoms with van der Waals surface area (Å²) in [6.07, 6.45) is 5.26. The molecule has 0 saturated heterocycles. The van der Waals surface area contributed by atoms with E-state index in [1.165, 1.54) is 18.2 Å². The zero-order chi connectivity index (χ0) is 19.7. The third kappa shape index (κ3) is 3.42. The summed E-state index contributed by atoms with van der Waals surface area (Å²) in [7, 11) is 1.74. The second-order valence-electron chi connectivity index (χ2n) is 6.33. The normalized spacial score (nSPS) is 11.4. The molecule has 2 aromatic heterocycles. The average molecular weight is 378 g/mol. The fourth-order valence-electron chi connectivity index (χ4n) is 2.91. The Hall–Kier alpha value is -3.74. The highest BCUT2D eigenvalue weighted by Gasteiger charge is 2.14. The number of amides is 1. The highest BCUT2D eigenvalue weighted by atomic mass is 19.1. The number of nitrogens with zero attached hydrogens (tertiary/aromatic N) is 2. The Labute approximate surface area is 159 Å². The minimum atomic E-state index is -0.562. The van der Waals surface area contributed by atoms with Crippen molar-refractivity contribution in [1.82, 2.24) is 14.8 Å². The lowest BCUT2D eigenvalue weighted by Gasteiger charge is -2.07. The monoisotopic (exact) mass is 378 g/mol. The minimum absolute atomic E-state index is 0.0662. The maximum atomic E-state index is 14.4. The molecule has 0 aliphatic rings. The van der Waals surface area contributed by atoms with Gasteiger partial charge in [-0.05, 0) is 42.0 Å². The molecule has 1 amide bonds. The average Bonchev–Trinajstić information content (AvgIpc) is 3.27. The van der Waals surface area contributed by atoms with Crippen LogP contribution in [0.2, 0.25) is 0 Å². The summed E-state index contributed by atoms with van der Waals surface area (Å²) < 4.78 is 29.1. The van der Waals surface area contributed by atoms with Crippen molar-refractivity contribution in [3.05, 3.63) is 83.3 Å². The quantitative estimate of drug-likeness (QED) is 0.545. The predicted molar refractivity (Wildman–Crippen MR) is 105 cm³/mol. The standard InChI is InChI=1S/C21H16F2N4O/c1-27-10-2-3-20(27)21(28)24-19-11-15-17(25-26-18(15)12-16(19)23)9-6-13-4-7-14(22)8-5-13/h2-12H,1H3,(H,24,28)(H,25,26)/b9-6+. The van der Waals surface area contributed by atoms with Gasteiger partial charge in [0.1, 0.15) is 17.3 Å². The number of rotatable bonds is 4. The van der Waals surface area contributed by atoms with Crippen molar-refractivity contribution >= 4 is 34.6 Å². The summed E-state index contributed by atoms with van der Waals surface area (Å²) >= 11 is 0. The number of carbonyl (C=O) groups excluding carboxylic acids is 1. The van der Waals surface area contributed by atoms with Gasteiger partial charge in [0.2, 0.25) is 0 Å². The van der Waals surface area contributed by atoms with Gasteiger partial charge in [0.05, 0.1) is 16.9 Å². The molecule has 0 aliphatic heterocycles. The van der Waals surface area contributed by atoms with Crippen LogP contribution >= 0.6 is 0 Å². The van der Waals surface area contributed by atoms with E-state index in [1.807, 2.05) is 0 Å². The number of carbonyl (C=O) groups is 1. The van der Waals surface area contributed by atoms with Crippen molar-refractivity contribution in [2.24, 2.45) is 7.05 Å². The number of nitrogens with one attached hydrogen (secondary N) is 2. The van der Waals surface area contributed by atoms with E-state index in [9.17, 15) is 13.6 Å². The topological polar surface area (TPSA) is 62.7 Å². The molecule has 0 unspecified atom stereocenters. The number of fused-ring (bicyclic) bond motifs is 1. The molecule has 4 rings (SSSR count). The first kappa shape index (κ1) is 17.7. The summed E-state index contributed by atoms with van der Waals surface area (Å²) in [4.78, 5) is 12.4. The van der Waals surface area contributed by atoms with Gasteiger partial charge in [-0.2, -0.15) is 5.10 Å². The molecule has 0 aliphatic carbocycles. The number of aromatic amines is 1. The van der Waals surface area contributed by atoms with Crippen LogP contribution in [0.5, 0.6) is 0 Å². The minimum Gasteiger partial charge on any atom is -0.347 e. The van der Waals surface area contributed by atoms with Gasteiger partial charge in [-0.1, -0.05) is 18.2 Å². The van der Waals surface area contributed by atoms with E-state index < -0.39 is 11.7 Å². The van der Waals surface area contributed by atoms with Crippen LogP contribution < -0.4 is 5.32 Å². The van der Waals surface area contributed by atoms with E-state index in [1.54, 1.807) is 60.3 Å². The Kier molecular flexibility index (Phi) is 4.49. The molecule has 5 nitrogen and oxygen atoms in total. The molecule has 140 valence electrons. The smallest absolute Gasteiger partial charge is 0.272 e. The van der Waals surface area contributed by atoms with Crippen LogP contribution in [-0.2, 0) is 7.05 Å². The number of anilines is 1. The molecule has 0 fully saturated rings. The molecule has 0 radical (unpaired) electrons. The van der Waals surface area contributed by atoms with Gasteiger partial charge in [-0.25, -0.2) is 8.78 Å². The molecule has 4 aromatic rings. The summed E-state index contributed by atoms with van der Waals surface area (Å²) in [6, 6.07) is 12.3. The highest BCUT2D eigenvalue weighted by Crippen LogP contribution is 2.26. The van der Waals surface area contributed by atoms with Gasteiger partial charge in [-0.15, -0.1) is 0 Å². The largest absolute Gasteiger partial charge is 0.347 e. The molecule has 2 N–H and O–H groups in total. The van der Waals surface area contributed by atoms with Crippen LogP contribution in [0.3, 0.4) is 0 Å². The second-order valence-corrected chi connectivity index (χ2v) is 6.33. The Morgan fingerprint density at radius 3 is 2.64 bits per heavy atom. The van der Waals surface area contributed by atoms with Crippen LogP contribution in [-0.4, -0.2) is 20.7 Å². The lowest BCUT2D eigenvalue weighted by atomic mass is 10.1. The van der Waals surface area contributed by atoms with E-state index in [0.717, 1.165) is 5.56 Å². The maximum Gasteiger partial charge on any atom is 0.272 e. The third-order valence-corrected chi connectivity index (χ3v) is 4.41. The molecule has 28 heavy (non-hydrogen) atoms. The van der Waals surface area contributed by atoms with Crippen molar-refractivity contribution < 1.29 is 13.6 Å². The molecular formula is C21H16F2N4O. The molecule has 0 atom stereocenters. The first-order valence-corrected chi connectivity index (χ1v) is 8.55. The van der Waals surface area contributed by atoms with E-state index in [2.05, 4.69) is 15.5 Å².